The van der Waals surface area contributed by atoms with Crippen molar-refractivity contribution in [2.45, 2.75) is 6.42 Å². The van der Waals surface area contributed by atoms with Crippen LogP contribution in [0.5, 0.6) is 0 Å². The minimum Gasteiger partial charge on any atom is -0.469 e. The highest BCUT2D eigenvalue weighted by molar-refractivity contribution is 6.10. The third kappa shape index (κ3) is 2.29. The number of hydrogen-bond donors (Lipinski definition) is 0. The number of rotatable bonds is 3. The van der Waals surface area contributed by atoms with Gasteiger partial charge in [-0.3, -0.25) is 9.59 Å². The molecular formula is C13H10O5. The molecule has 0 aromatic heterocycles. The van der Waals surface area contributed by atoms with Crippen LogP contribution in [0.2, 0.25) is 0 Å². The molecule has 0 bridgehead atoms. The van der Waals surface area contributed by atoms with E-state index in [1.165, 1.54) is 7.11 Å². The van der Waals surface area contributed by atoms with Crippen molar-refractivity contribution in [2.75, 3.05) is 7.11 Å². The van der Waals surface area contributed by atoms with Gasteiger partial charge in [-0.1, -0.05) is 18.2 Å². The summed E-state index contributed by atoms with van der Waals surface area (Å²) >= 11 is 0. The van der Waals surface area contributed by atoms with Crippen LogP contribution in [-0.4, -0.2) is 24.8 Å². The normalized spacial score (nSPS) is 15.2. The average molecular weight is 246 g/mol. The van der Waals surface area contributed by atoms with Gasteiger partial charge in [0.25, 0.3) is 0 Å². The number of esters is 2. The number of carbonyl (C=O) groups excluding carboxylic acids is 3. The zero-order chi connectivity index (χ0) is 13.1. The standard InChI is InChI=1S/C13H10O5/c1-17-12(15)7-8(14)6-11-9-4-2-3-5-10(9)13(16)18-11/h2-6H,7H2,1H3/b11-6-. The minimum absolute atomic E-state index is 0.171. The lowest BCUT2D eigenvalue weighted by atomic mass is 10.1. The molecule has 0 fully saturated rings. The number of carbonyl (C=O) groups is 3. The fraction of sp³-hybridized carbons (Fsp3) is 0.154. The Morgan fingerprint density at radius 3 is 2.61 bits per heavy atom. The molecule has 0 unspecified atom stereocenters. The van der Waals surface area contributed by atoms with Crippen LogP contribution in [0.1, 0.15) is 22.3 Å². The first-order valence-corrected chi connectivity index (χ1v) is 5.24. The lowest BCUT2D eigenvalue weighted by molar-refractivity contribution is -0.142. The van der Waals surface area contributed by atoms with E-state index in [0.29, 0.717) is 11.1 Å². The molecule has 0 amide bonds. The Hall–Kier alpha value is -2.43. The maximum Gasteiger partial charge on any atom is 0.344 e. The number of benzene rings is 1. The molecule has 2 rings (SSSR count). The molecule has 5 nitrogen and oxygen atoms in total. The molecule has 1 aromatic rings. The van der Waals surface area contributed by atoms with Gasteiger partial charge in [-0.05, 0) is 6.07 Å². The van der Waals surface area contributed by atoms with Gasteiger partial charge in [0, 0.05) is 11.6 Å². The Labute approximate surface area is 103 Å². The van der Waals surface area contributed by atoms with E-state index in [4.69, 9.17) is 4.74 Å². The number of ketones is 1. The largest absolute Gasteiger partial charge is 0.469 e. The van der Waals surface area contributed by atoms with E-state index >= 15 is 0 Å². The summed E-state index contributed by atoms with van der Waals surface area (Å²) in [6.07, 6.45) is 0.764. The summed E-state index contributed by atoms with van der Waals surface area (Å²) in [4.78, 5) is 33.9. The molecule has 92 valence electrons. The lowest BCUT2D eigenvalue weighted by Gasteiger charge is -1.98. The van der Waals surface area contributed by atoms with Crippen molar-refractivity contribution in [1.29, 1.82) is 0 Å². The van der Waals surface area contributed by atoms with Gasteiger partial charge in [0.2, 0.25) is 0 Å². The molecule has 0 N–H and O–H groups in total. The van der Waals surface area contributed by atoms with Gasteiger partial charge in [0.1, 0.15) is 12.2 Å². The first-order chi connectivity index (χ1) is 8.61. The monoisotopic (exact) mass is 246 g/mol. The van der Waals surface area contributed by atoms with Crippen molar-refractivity contribution >= 4 is 23.5 Å². The number of allylic oxidation sites excluding steroid dienone is 1. The van der Waals surface area contributed by atoms with Crippen molar-refractivity contribution in [2.24, 2.45) is 0 Å². The van der Waals surface area contributed by atoms with Crippen LogP contribution in [-0.2, 0) is 19.1 Å². The topological polar surface area (TPSA) is 69.7 Å². The molecule has 1 aliphatic rings. The van der Waals surface area contributed by atoms with Crippen LogP contribution in [0.25, 0.3) is 5.76 Å². The number of fused-ring (bicyclic) bond motifs is 1. The summed E-state index contributed by atoms with van der Waals surface area (Å²) in [6, 6.07) is 6.74. The highest BCUT2D eigenvalue weighted by atomic mass is 16.5. The molecule has 1 heterocycles. The molecule has 0 aliphatic carbocycles. The Balaban J connectivity index is 2.24. The summed E-state index contributed by atoms with van der Waals surface area (Å²) < 4.78 is 9.35. The van der Waals surface area contributed by atoms with Crippen molar-refractivity contribution in [3.63, 3.8) is 0 Å². The van der Waals surface area contributed by atoms with Crippen LogP contribution < -0.4 is 0 Å². The summed E-state index contributed by atoms with van der Waals surface area (Å²) in [6.45, 7) is 0. The average Bonchev–Trinajstić information content (AvgIpc) is 2.67. The van der Waals surface area contributed by atoms with Gasteiger partial charge in [0.05, 0.1) is 12.7 Å². The second-order valence-corrected chi connectivity index (χ2v) is 3.66. The van der Waals surface area contributed by atoms with Gasteiger partial charge in [-0.25, -0.2) is 4.79 Å². The first-order valence-electron chi connectivity index (χ1n) is 5.24. The Kier molecular flexibility index (Phi) is 3.23. The van der Waals surface area contributed by atoms with E-state index in [9.17, 15) is 14.4 Å². The van der Waals surface area contributed by atoms with Crippen molar-refractivity contribution in [1.82, 2.24) is 0 Å². The van der Waals surface area contributed by atoms with E-state index in [2.05, 4.69) is 4.74 Å². The molecule has 0 saturated heterocycles. The lowest BCUT2D eigenvalue weighted by Crippen LogP contribution is -2.07. The number of methoxy groups -OCH3 is 1. The van der Waals surface area contributed by atoms with Crippen molar-refractivity contribution < 1.29 is 23.9 Å². The van der Waals surface area contributed by atoms with Crippen molar-refractivity contribution in [3.8, 4) is 0 Å². The van der Waals surface area contributed by atoms with Crippen LogP contribution >= 0.6 is 0 Å². The molecule has 0 atom stereocenters. The molecule has 1 aromatic carbocycles. The molecule has 0 saturated carbocycles. The Morgan fingerprint density at radius 1 is 1.28 bits per heavy atom. The first kappa shape index (κ1) is 12.0. The van der Waals surface area contributed by atoms with Gasteiger partial charge in [-0.2, -0.15) is 0 Å². The highest BCUT2D eigenvalue weighted by Gasteiger charge is 2.26. The third-order valence-electron chi connectivity index (χ3n) is 2.45. The summed E-state index contributed by atoms with van der Waals surface area (Å²) in [5.41, 5.74) is 0.968. The Bertz CT molecular complexity index is 556. The molecule has 0 radical (unpaired) electrons. The van der Waals surface area contributed by atoms with E-state index in [-0.39, 0.29) is 12.2 Å². The third-order valence-corrected chi connectivity index (χ3v) is 2.45. The highest BCUT2D eigenvalue weighted by Crippen LogP contribution is 2.29. The molecule has 0 spiro atoms. The summed E-state index contributed by atoms with van der Waals surface area (Å²) in [7, 11) is 1.20. The maximum atomic E-state index is 11.5. The van der Waals surface area contributed by atoms with E-state index in [1.807, 2.05) is 0 Å². The quantitative estimate of drug-likeness (QED) is 0.457. The van der Waals surface area contributed by atoms with Crippen LogP contribution in [0.3, 0.4) is 0 Å². The second kappa shape index (κ2) is 4.83. The Morgan fingerprint density at radius 2 is 1.94 bits per heavy atom. The fourth-order valence-electron chi connectivity index (χ4n) is 1.60. The zero-order valence-corrected chi connectivity index (χ0v) is 9.64. The second-order valence-electron chi connectivity index (χ2n) is 3.66. The van der Waals surface area contributed by atoms with E-state index in [0.717, 1.165) is 6.08 Å². The van der Waals surface area contributed by atoms with Crippen LogP contribution in [0.15, 0.2) is 30.3 Å². The SMILES string of the molecule is COC(=O)CC(=O)/C=C1\OC(=O)c2ccccc21. The van der Waals surface area contributed by atoms with Crippen LogP contribution in [0, 0.1) is 0 Å². The minimum atomic E-state index is -0.630. The fourth-order valence-corrected chi connectivity index (χ4v) is 1.60. The zero-order valence-electron chi connectivity index (χ0n) is 9.64. The molecule has 1 aliphatic heterocycles. The van der Waals surface area contributed by atoms with E-state index in [1.54, 1.807) is 24.3 Å². The van der Waals surface area contributed by atoms with Crippen molar-refractivity contribution in [3.05, 3.63) is 41.5 Å². The molecular weight excluding hydrogens is 236 g/mol. The van der Waals surface area contributed by atoms with Gasteiger partial charge >= 0.3 is 11.9 Å². The van der Waals surface area contributed by atoms with Gasteiger partial charge in [0.15, 0.2) is 5.78 Å². The molecule has 5 heteroatoms. The number of cyclic esters (lactones) is 1. The number of hydrogen-bond acceptors (Lipinski definition) is 5. The van der Waals surface area contributed by atoms with E-state index < -0.39 is 17.7 Å². The van der Waals surface area contributed by atoms with Gasteiger partial charge < -0.3 is 9.47 Å². The smallest absolute Gasteiger partial charge is 0.344 e. The number of ether oxygens (including phenoxy) is 2. The predicted molar refractivity (Wildman–Crippen MR) is 61.5 cm³/mol. The summed E-state index contributed by atoms with van der Waals surface area (Å²) in [5, 5.41) is 0. The van der Waals surface area contributed by atoms with Gasteiger partial charge in [-0.15, -0.1) is 0 Å². The van der Waals surface area contributed by atoms with Crippen LogP contribution in [0.4, 0.5) is 0 Å². The summed E-state index contributed by atoms with van der Waals surface area (Å²) in [5.74, 6) is -1.43. The molecule has 18 heavy (non-hydrogen) atoms. The predicted octanol–water partition coefficient (Wildman–Crippen LogP) is 1.33. The maximum absolute atomic E-state index is 11.5.